The molecular weight excluding hydrogens is 484 g/mol. The molecule has 190 valence electrons. The van der Waals surface area contributed by atoms with Crippen molar-refractivity contribution in [1.82, 2.24) is 9.13 Å². The molecule has 0 N–H and O–H groups in total. The van der Waals surface area contributed by atoms with Crippen LogP contribution in [0.4, 0.5) is 0 Å². The number of para-hydroxylation sites is 4. The minimum Gasteiger partial charge on any atom is -0.309 e. The van der Waals surface area contributed by atoms with E-state index in [0.29, 0.717) is 9.13 Å². The van der Waals surface area contributed by atoms with E-state index in [4.69, 9.17) is 30.2 Å². The van der Waals surface area contributed by atoms with Crippen LogP contribution in [0.2, 0.25) is 0 Å². The highest BCUT2D eigenvalue weighted by Crippen LogP contribution is 2.36. The molecule has 0 radical (unpaired) electrons. The van der Waals surface area contributed by atoms with Crippen molar-refractivity contribution >= 4 is 43.6 Å². The first kappa shape index (κ1) is 8.22. The van der Waals surface area contributed by atoms with Gasteiger partial charge in [0, 0.05) is 41.1 Å². The van der Waals surface area contributed by atoms with E-state index in [9.17, 15) is 8.22 Å². The molecule has 0 bridgehead atoms. The molecule has 0 saturated heterocycles. The molecule has 6 aromatic carbocycles. The monoisotopic (exact) mass is 540 g/mol. The topological polar surface area (TPSA) is 9.86 Å². The average molecular weight is 541 g/mol. The minimum absolute atomic E-state index is 0.533. The molecule has 40 heavy (non-hydrogen) atoms. The number of rotatable bonds is 3. The summed E-state index contributed by atoms with van der Waals surface area (Å²) in [7, 11) is 0. The number of aromatic nitrogens is 2. The molecule has 0 fully saturated rings. The van der Waals surface area contributed by atoms with E-state index in [1.54, 1.807) is 0 Å². The molecule has 2 heterocycles. The van der Waals surface area contributed by atoms with Gasteiger partial charge in [-0.2, -0.15) is 0 Å². The van der Waals surface area contributed by atoms with E-state index in [1.807, 2.05) is 0 Å². The second-order valence-corrected chi connectivity index (χ2v) is 8.51. The van der Waals surface area contributed by atoms with Crippen molar-refractivity contribution in [3.05, 3.63) is 144 Å². The third-order valence-corrected chi connectivity index (χ3v) is 6.36. The molecule has 2 nitrogen and oxygen atoms in total. The molecule has 0 spiro atoms. The molecule has 0 atom stereocenters. The molecule has 0 unspecified atom stereocenters. The van der Waals surface area contributed by atoms with E-state index in [-0.39, 0.29) is 0 Å². The Kier molecular flexibility index (Phi) is 1.79. The summed E-state index contributed by atoms with van der Waals surface area (Å²) in [4.78, 5) is 0. The van der Waals surface area contributed by atoms with Gasteiger partial charge in [-0.1, -0.05) is 84.6 Å². The number of benzene rings is 6. The highest BCUT2D eigenvalue weighted by molar-refractivity contribution is 6.10. The van der Waals surface area contributed by atoms with Crippen molar-refractivity contribution in [3.63, 3.8) is 0 Å². The van der Waals surface area contributed by atoms with Gasteiger partial charge in [0.25, 0.3) is 0 Å². The summed E-state index contributed by atoms with van der Waals surface area (Å²) in [6.45, 7) is -7.33. The van der Waals surface area contributed by atoms with Gasteiger partial charge in [0.15, 0.2) is 0 Å². The lowest BCUT2D eigenvalue weighted by atomic mass is 9.95. The van der Waals surface area contributed by atoms with Crippen LogP contribution in [0.5, 0.6) is 0 Å². The maximum absolute atomic E-state index is 9.49. The predicted octanol–water partition coefficient (Wildman–Crippen LogP) is 10.2. The van der Waals surface area contributed by atoms with Crippen LogP contribution in [-0.2, 0) is 0 Å². The van der Waals surface area contributed by atoms with Gasteiger partial charge in [0.05, 0.1) is 52.2 Å². The number of hydrogen-bond acceptors (Lipinski definition) is 0. The Balaban J connectivity index is 1.62. The van der Waals surface area contributed by atoms with Crippen molar-refractivity contribution < 1.29 is 38.4 Å². The molecule has 2 aromatic heterocycles. The quantitative estimate of drug-likeness (QED) is 0.211. The number of nitrogens with zero attached hydrogens (tertiary/aromatic N) is 2. The van der Waals surface area contributed by atoms with E-state index in [1.165, 1.54) is 0 Å². The Morgan fingerprint density at radius 2 is 0.750 bits per heavy atom. The summed E-state index contributed by atoms with van der Waals surface area (Å²) in [5, 5.41) is -2.13. The lowest BCUT2D eigenvalue weighted by Gasteiger charge is -2.15. The first-order valence-corrected chi connectivity index (χ1v) is 11.6. The van der Waals surface area contributed by atoms with Crippen molar-refractivity contribution in [1.29, 1.82) is 0 Å². The van der Waals surface area contributed by atoms with Gasteiger partial charge >= 0.3 is 0 Å². The van der Waals surface area contributed by atoms with Gasteiger partial charge in [-0.3, -0.25) is 0 Å². The summed E-state index contributed by atoms with van der Waals surface area (Å²) in [6, 6.07) is -21.7. The Morgan fingerprint density at radius 3 is 1.07 bits per heavy atom. The fraction of sp³-hybridized carbons (Fsp3) is 0.0526. The molecule has 0 aliphatic heterocycles. The maximum Gasteiger partial charge on any atom is 0.0648 e. The molecule has 2 heteroatoms. The normalized spacial score (nSPS) is 22.3. The summed E-state index contributed by atoms with van der Waals surface area (Å²) in [5.74, 6) is 0. The van der Waals surface area contributed by atoms with E-state index < -0.39 is 224 Å². The standard InChI is InChI=1S/C38H28N2/c1-25-23-27(39-35-15-7-3-11-31(35)32-12-4-8-16-36(32)39)19-21-29(25)30-22-20-28(24-26(30)2)40-37-17-9-5-13-33(37)34-14-6-10-18-38(34)40/h3-24H,1-2H3/i1D3,2D3,3D,4D,5D,6D,7D,8D,9D,10D,11D,12D,13D,14D,15D,16D,17D,18D,19D,20D,21D,22D,23D,24D. The summed E-state index contributed by atoms with van der Waals surface area (Å²) < 4.78 is 247. The first-order chi connectivity index (χ1) is 31.3. The smallest absolute Gasteiger partial charge is 0.0648 e. The fourth-order valence-electron chi connectivity index (χ4n) is 4.68. The van der Waals surface area contributed by atoms with Crippen LogP contribution in [-0.4, -0.2) is 9.13 Å². The zero-order valence-corrected chi connectivity index (χ0v) is 19.9. The third kappa shape index (κ3) is 3.29. The van der Waals surface area contributed by atoms with Crippen LogP contribution in [0, 0.1) is 13.7 Å². The van der Waals surface area contributed by atoms with Gasteiger partial charge in [-0.15, -0.1) is 0 Å². The molecule has 8 aromatic rings. The predicted molar refractivity (Wildman–Crippen MR) is 170 cm³/mol. The van der Waals surface area contributed by atoms with Crippen LogP contribution in [0.3, 0.4) is 0 Å². The molecular formula is C38H28N2. The van der Waals surface area contributed by atoms with Crippen molar-refractivity contribution in [3.8, 4) is 22.5 Å². The first-order valence-electron chi connectivity index (χ1n) is 25.6. The van der Waals surface area contributed by atoms with Gasteiger partial charge in [0.1, 0.15) is 0 Å². The van der Waals surface area contributed by atoms with E-state index >= 15 is 0 Å². The Labute approximate surface area is 272 Å². The van der Waals surface area contributed by atoms with Gasteiger partial charge in [-0.05, 0) is 84.3 Å². The Morgan fingerprint density at radius 1 is 0.425 bits per heavy atom. The van der Waals surface area contributed by atoms with Crippen LogP contribution in [0.25, 0.3) is 66.1 Å². The summed E-state index contributed by atoms with van der Waals surface area (Å²) in [5.41, 5.74) is -9.63. The second-order valence-electron chi connectivity index (χ2n) is 8.51. The van der Waals surface area contributed by atoms with E-state index in [0.717, 1.165) is 0 Å². The van der Waals surface area contributed by atoms with Crippen molar-refractivity contribution in [2.75, 3.05) is 0 Å². The lowest BCUT2D eigenvalue weighted by molar-refractivity contribution is 1.16. The molecule has 0 aliphatic rings. The van der Waals surface area contributed by atoms with Crippen molar-refractivity contribution in [2.24, 2.45) is 0 Å². The highest BCUT2D eigenvalue weighted by Gasteiger charge is 2.15. The highest BCUT2D eigenvalue weighted by atomic mass is 15.0. The number of fused-ring (bicyclic) bond motifs is 6. The van der Waals surface area contributed by atoms with Gasteiger partial charge in [0.2, 0.25) is 0 Å². The third-order valence-electron chi connectivity index (χ3n) is 6.36. The molecule has 0 saturated carbocycles. The van der Waals surface area contributed by atoms with Crippen LogP contribution >= 0.6 is 0 Å². The minimum atomic E-state index is -3.66. The van der Waals surface area contributed by atoms with E-state index in [2.05, 4.69) is 0 Å². The van der Waals surface area contributed by atoms with Gasteiger partial charge in [-0.25, -0.2) is 0 Å². The zero-order valence-electron chi connectivity index (χ0n) is 47.9. The SMILES string of the molecule is [2H]c1c([2H])c(-n2c3c([2H])c([2H])c([2H])c([2H])c3c3c([2H])c([2H])c([2H])c([2H])c32)c([2H])c(C([2H])([2H])[2H])c1-c1c([2H])c([2H])c(-n2c3c([2H])c([2H])c([2H])c([2H])c3c3c([2H])c([2H])c([2H])c([2H])c32)c([2H])c1C([2H])([2H])[2H]. The number of hydrogen-bond donors (Lipinski definition) is 0. The van der Waals surface area contributed by atoms with Gasteiger partial charge < -0.3 is 9.13 Å². The second kappa shape index (κ2) is 8.72. The molecule has 0 aliphatic carbocycles. The largest absolute Gasteiger partial charge is 0.309 e. The van der Waals surface area contributed by atoms with Crippen LogP contribution in [0.15, 0.2) is 133 Å². The molecule has 0 amide bonds. The molecule has 8 rings (SSSR count). The van der Waals surface area contributed by atoms with Crippen LogP contribution < -0.4 is 0 Å². The Bertz CT molecular complexity index is 3270. The summed E-state index contributed by atoms with van der Waals surface area (Å²) in [6.07, 6.45) is 0. The van der Waals surface area contributed by atoms with Crippen molar-refractivity contribution in [2.45, 2.75) is 13.7 Å². The maximum atomic E-state index is 9.49. The Hall–Kier alpha value is -5.08. The zero-order chi connectivity index (χ0) is 50.9. The fourth-order valence-corrected chi connectivity index (χ4v) is 4.68. The summed E-state index contributed by atoms with van der Waals surface area (Å²) >= 11 is 0. The lowest BCUT2D eigenvalue weighted by Crippen LogP contribution is -1.98. The average Bonchev–Trinajstić information content (AvgIpc) is 3.80. The van der Waals surface area contributed by atoms with Crippen LogP contribution in [0.1, 0.15) is 49.5 Å².